The van der Waals surface area contributed by atoms with E-state index in [4.69, 9.17) is 0 Å². The summed E-state index contributed by atoms with van der Waals surface area (Å²) in [5.74, 6) is -1.07. The molecule has 66 valence electrons. The van der Waals surface area contributed by atoms with Crippen LogP contribution >= 0.6 is 12.2 Å². The van der Waals surface area contributed by atoms with E-state index in [0.717, 1.165) is 0 Å². The van der Waals surface area contributed by atoms with Crippen LogP contribution in [0.3, 0.4) is 0 Å². The molecule has 1 aromatic rings. The lowest BCUT2D eigenvalue weighted by molar-refractivity contribution is -0.138. The first-order chi connectivity index (χ1) is 5.41. The largest absolute Gasteiger partial charge is 0.417 e. The Labute approximate surface area is 70.0 Å². The average Bonchev–Trinajstić information content (AvgIpc) is 1.92. The van der Waals surface area contributed by atoms with Gasteiger partial charge >= 0.3 is 6.18 Å². The van der Waals surface area contributed by atoms with Gasteiger partial charge in [-0.05, 0) is 6.07 Å². The Balaban J connectivity index is 3.23. The fraction of sp³-hybridized carbons (Fsp3) is 0.167. The Morgan fingerprint density at radius 3 is 2.33 bits per heavy atom. The molecule has 0 aliphatic carbocycles. The number of alkyl halides is 3. The summed E-state index contributed by atoms with van der Waals surface area (Å²) in [5, 5.41) is 0. The third kappa shape index (κ3) is 1.82. The van der Waals surface area contributed by atoms with E-state index in [1.807, 2.05) is 4.98 Å². The van der Waals surface area contributed by atoms with Gasteiger partial charge in [-0.25, -0.2) is 4.39 Å². The molecule has 0 aliphatic heterocycles. The van der Waals surface area contributed by atoms with Gasteiger partial charge in [0.05, 0.1) is 5.56 Å². The quantitative estimate of drug-likeness (QED) is 0.499. The van der Waals surface area contributed by atoms with Crippen molar-refractivity contribution in [2.75, 3.05) is 0 Å². The van der Waals surface area contributed by atoms with Crippen LogP contribution in [0, 0.1) is 10.5 Å². The van der Waals surface area contributed by atoms with Gasteiger partial charge in [-0.3, -0.25) is 0 Å². The van der Waals surface area contributed by atoms with Crippen LogP contribution in [0.25, 0.3) is 0 Å². The van der Waals surface area contributed by atoms with Crippen LogP contribution in [0.2, 0.25) is 0 Å². The molecule has 0 saturated carbocycles. The molecular formula is C6H3F4NS. The summed E-state index contributed by atoms with van der Waals surface area (Å²) in [6.45, 7) is 0. The third-order valence-corrected chi connectivity index (χ3v) is 1.50. The van der Waals surface area contributed by atoms with Gasteiger partial charge < -0.3 is 4.98 Å². The van der Waals surface area contributed by atoms with Crippen LogP contribution in [-0.2, 0) is 6.18 Å². The van der Waals surface area contributed by atoms with E-state index in [9.17, 15) is 17.6 Å². The number of nitrogens with one attached hydrogen (secondary N) is 1. The van der Waals surface area contributed by atoms with Crippen molar-refractivity contribution in [3.05, 3.63) is 28.3 Å². The fourth-order valence-electron chi connectivity index (χ4n) is 0.620. The van der Waals surface area contributed by atoms with Crippen molar-refractivity contribution >= 4 is 12.2 Å². The van der Waals surface area contributed by atoms with E-state index in [1.165, 1.54) is 0 Å². The minimum absolute atomic E-state index is 0.331. The lowest BCUT2D eigenvalue weighted by Gasteiger charge is -2.05. The first kappa shape index (κ1) is 9.18. The van der Waals surface area contributed by atoms with Gasteiger partial charge in [-0.2, -0.15) is 13.2 Å². The maximum Gasteiger partial charge on any atom is 0.417 e. The standard InChI is InChI=1S/C6H3F4NS/c7-4-1-3(6(8,9)10)2-11-5(4)12/h1-2H,(H,11,12). The SMILES string of the molecule is Fc1cc(C(F)(F)F)c[nH]c1=S. The lowest BCUT2D eigenvalue weighted by atomic mass is 10.3. The number of aromatic nitrogens is 1. The number of H-pyrrole nitrogens is 1. The predicted octanol–water partition coefficient (Wildman–Crippen LogP) is 2.90. The summed E-state index contributed by atoms with van der Waals surface area (Å²) in [4.78, 5) is 1.99. The van der Waals surface area contributed by atoms with Gasteiger partial charge in [0.15, 0.2) is 5.82 Å². The molecule has 0 bridgehead atoms. The summed E-state index contributed by atoms with van der Waals surface area (Å²) in [6, 6.07) is 0.360. The zero-order valence-corrected chi connectivity index (χ0v) is 6.39. The minimum atomic E-state index is -4.54. The Morgan fingerprint density at radius 2 is 1.92 bits per heavy atom. The number of halogens is 4. The van der Waals surface area contributed by atoms with Crippen molar-refractivity contribution in [1.82, 2.24) is 4.98 Å². The van der Waals surface area contributed by atoms with Gasteiger partial charge in [0.1, 0.15) is 4.64 Å². The average molecular weight is 197 g/mol. The first-order valence-corrected chi connectivity index (χ1v) is 3.27. The van der Waals surface area contributed by atoms with Gasteiger partial charge in [0.2, 0.25) is 0 Å². The molecule has 1 rings (SSSR count). The van der Waals surface area contributed by atoms with Gasteiger partial charge in [0, 0.05) is 6.20 Å². The van der Waals surface area contributed by atoms with E-state index in [1.54, 1.807) is 0 Å². The normalized spacial score (nSPS) is 11.7. The molecule has 0 saturated heterocycles. The molecule has 1 heterocycles. The molecule has 0 spiro atoms. The Morgan fingerprint density at radius 1 is 1.33 bits per heavy atom. The van der Waals surface area contributed by atoms with E-state index < -0.39 is 17.6 Å². The number of rotatable bonds is 0. The lowest BCUT2D eigenvalue weighted by Crippen LogP contribution is -2.06. The molecule has 1 nitrogen and oxygen atoms in total. The highest BCUT2D eigenvalue weighted by molar-refractivity contribution is 7.71. The summed E-state index contributed by atoms with van der Waals surface area (Å²) < 4.78 is 47.8. The zero-order chi connectivity index (χ0) is 9.35. The molecule has 1 aromatic heterocycles. The molecule has 6 heteroatoms. The number of hydrogen-bond acceptors (Lipinski definition) is 1. The first-order valence-electron chi connectivity index (χ1n) is 2.86. The second-order valence-corrected chi connectivity index (χ2v) is 2.47. The van der Waals surface area contributed by atoms with Crippen molar-refractivity contribution in [3.8, 4) is 0 Å². The second kappa shape index (κ2) is 2.85. The summed E-state index contributed by atoms with van der Waals surface area (Å²) in [7, 11) is 0. The van der Waals surface area contributed by atoms with E-state index in [2.05, 4.69) is 12.2 Å². The Kier molecular flexibility index (Phi) is 2.18. The molecule has 0 radical (unpaired) electrons. The van der Waals surface area contributed by atoms with Crippen LogP contribution < -0.4 is 0 Å². The molecule has 0 atom stereocenters. The van der Waals surface area contributed by atoms with Gasteiger partial charge in [-0.15, -0.1) is 0 Å². The van der Waals surface area contributed by atoms with E-state index in [-0.39, 0.29) is 4.64 Å². The van der Waals surface area contributed by atoms with Crippen LogP contribution in [-0.4, -0.2) is 4.98 Å². The molecule has 12 heavy (non-hydrogen) atoms. The third-order valence-electron chi connectivity index (χ3n) is 1.19. The van der Waals surface area contributed by atoms with Gasteiger partial charge in [0.25, 0.3) is 0 Å². The Hall–Kier alpha value is -0.910. The van der Waals surface area contributed by atoms with Gasteiger partial charge in [-0.1, -0.05) is 12.2 Å². The molecule has 0 fully saturated rings. The van der Waals surface area contributed by atoms with E-state index in [0.29, 0.717) is 12.3 Å². The van der Waals surface area contributed by atoms with Crippen LogP contribution in [0.15, 0.2) is 12.3 Å². The molecule has 1 N–H and O–H groups in total. The van der Waals surface area contributed by atoms with Crippen LogP contribution in [0.1, 0.15) is 5.56 Å². The molecular weight excluding hydrogens is 194 g/mol. The highest BCUT2D eigenvalue weighted by Crippen LogP contribution is 2.28. The molecule has 0 amide bonds. The highest BCUT2D eigenvalue weighted by Gasteiger charge is 2.31. The van der Waals surface area contributed by atoms with Crippen molar-refractivity contribution < 1.29 is 17.6 Å². The van der Waals surface area contributed by atoms with Crippen molar-refractivity contribution in [2.45, 2.75) is 6.18 Å². The maximum absolute atomic E-state index is 12.5. The van der Waals surface area contributed by atoms with Crippen molar-refractivity contribution in [3.63, 3.8) is 0 Å². The fourth-order valence-corrected chi connectivity index (χ4v) is 0.737. The summed E-state index contributed by atoms with van der Waals surface area (Å²) in [5.41, 5.74) is -1.08. The predicted molar refractivity (Wildman–Crippen MR) is 36.6 cm³/mol. The topological polar surface area (TPSA) is 15.8 Å². The second-order valence-electron chi connectivity index (χ2n) is 2.06. The number of aromatic amines is 1. The Bertz CT molecular complexity index is 340. The van der Waals surface area contributed by atoms with Crippen LogP contribution in [0.5, 0.6) is 0 Å². The highest BCUT2D eigenvalue weighted by atomic mass is 32.1. The maximum atomic E-state index is 12.5. The monoisotopic (exact) mass is 197 g/mol. The smallest absolute Gasteiger partial charge is 0.350 e. The summed E-state index contributed by atoms with van der Waals surface area (Å²) >= 11 is 4.34. The van der Waals surface area contributed by atoms with Crippen molar-refractivity contribution in [2.24, 2.45) is 0 Å². The zero-order valence-electron chi connectivity index (χ0n) is 5.57. The minimum Gasteiger partial charge on any atom is -0.350 e. The number of pyridine rings is 1. The van der Waals surface area contributed by atoms with Crippen molar-refractivity contribution in [1.29, 1.82) is 0 Å². The number of hydrogen-bond donors (Lipinski definition) is 1. The molecule has 0 aliphatic rings. The van der Waals surface area contributed by atoms with E-state index >= 15 is 0 Å². The molecule has 0 unspecified atom stereocenters. The van der Waals surface area contributed by atoms with Crippen LogP contribution in [0.4, 0.5) is 17.6 Å². The summed E-state index contributed by atoms with van der Waals surface area (Å²) in [6.07, 6.45) is -3.91. The molecule has 0 aromatic carbocycles.